The van der Waals surface area contributed by atoms with Crippen molar-refractivity contribution in [3.05, 3.63) is 144 Å². The van der Waals surface area contributed by atoms with E-state index < -0.39 is 46.9 Å². The van der Waals surface area contributed by atoms with Crippen molar-refractivity contribution in [1.82, 2.24) is 0 Å². The van der Waals surface area contributed by atoms with Gasteiger partial charge in [0.2, 0.25) is 0 Å². The molecule has 0 bridgehead atoms. The lowest BCUT2D eigenvalue weighted by Crippen LogP contribution is -2.66. The SMILES string of the molecule is CC[C@@]1(S)O[C@H](COCc2ccc3ccccc3c2)[C@H](OC(=O)c2ccc(-c3ccccc3C)cc2)[C@H](OC(C)(C)C)[C@H]1OC(=O)c1ccccc1. The Hall–Kier alpha value is -4.47. The number of thiol groups is 1. The normalized spacial score (nSPS) is 21.8. The first-order valence-corrected chi connectivity index (χ1v) is 18.2. The Kier molecular flexibility index (Phi) is 11.5. The number of rotatable bonds is 11. The van der Waals surface area contributed by atoms with Gasteiger partial charge in [-0.25, -0.2) is 9.59 Å². The Morgan fingerprint density at radius 1 is 0.750 bits per heavy atom. The Morgan fingerprint density at radius 2 is 1.38 bits per heavy atom. The zero-order chi connectivity index (χ0) is 36.9. The minimum absolute atomic E-state index is 0.0582. The van der Waals surface area contributed by atoms with Crippen LogP contribution in [-0.2, 0) is 30.3 Å². The molecule has 270 valence electrons. The van der Waals surface area contributed by atoms with Gasteiger partial charge in [0, 0.05) is 0 Å². The molecule has 5 aromatic carbocycles. The van der Waals surface area contributed by atoms with Crippen LogP contribution in [0.2, 0.25) is 0 Å². The van der Waals surface area contributed by atoms with Gasteiger partial charge in [0.1, 0.15) is 12.2 Å². The third kappa shape index (κ3) is 8.76. The van der Waals surface area contributed by atoms with Crippen molar-refractivity contribution in [2.24, 2.45) is 0 Å². The van der Waals surface area contributed by atoms with Gasteiger partial charge in [-0.15, -0.1) is 12.6 Å². The Labute approximate surface area is 311 Å². The Morgan fingerprint density at radius 3 is 2.08 bits per heavy atom. The second kappa shape index (κ2) is 16.0. The molecule has 8 heteroatoms. The highest BCUT2D eigenvalue weighted by Gasteiger charge is 2.57. The van der Waals surface area contributed by atoms with Gasteiger partial charge in [0.15, 0.2) is 17.1 Å². The standard InChI is InChI=1S/C44H46O7S/c1-6-44(52)40(49-42(46)33-16-8-7-9-17-33)39(51-43(3,4)5)38(37(50-44)28-47-27-30-20-21-31-15-11-12-18-35(31)26-30)48-41(45)34-24-22-32(23-25-34)36-19-13-10-14-29(36)2/h7-26,37-40,52H,6,27-28H2,1-5H3/t37-,38+,39+,40-,44+/m1/s1. The fourth-order valence-electron chi connectivity index (χ4n) is 6.54. The highest BCUT2D eigenvalue weighted by atomic mass is 32.1. The summed E-state index contributed by atoms with van der Waals surface area (Å²) in [5.74, 6) is -1.13. The van der Waals surface area contributed by atoms with Crippen LogP contribution in [0.1, 0.15) is 66.0 Å². The Balaban J connectivity index is 1.31. The predicted molar refractivity (Wildman–Crippen MR) is 207 cm³/mol. The zero-order valence-corrected chi connectivity index (χ0v) is 31.2. The molecular weight excluding hydrogens is 673 g/mol. The lowest BCUT2D eigenvalue weighted by Gasteiger charge is -2.51. The molecule has 0 saturated carbocycles. The van der Waals surface area contributed by atoms with Gasteiger partial charge in [-0.05, 0) is 97.5 Å². The van der Waals surface area contributed by atoms with Gasteiger partial charge < -0.3 is 23.7 Å². The van der Waals surface area contributed by atoms with E-state index in [1.165, 1.54) is 0 Å². The van der Waals surface area contributed by atoms with Gasteiger partial charge in [-0.3, -0.25) is 0 Å². The number of ether oxygens (including phenoxy) is 5. The smallest absolute Gasteiger partial charge is 0.338 e. The van der Waals surface area contributed by atoms with E-state index >= 15 is 0 Å². The zero-order valence-electron chi connectivity index (χ0n) is 30.3. The molecule has 1 heterocycles. The first-order chi connectivity index (χ1) is 24.9. The van der Waals surface area contributed by atoms with Crippen LogP contribution in [-0.4, -0.2) is 53.5 Å². The second-order valence-electron chi connectivity index (χ2n) is 14.2. The number of aryl methyl sites for hydroxylation is 1. The third-order valence-corrected chi connectivity index (χ3v) is 9.89. The molecule has 1 fully saturated rings. The summed E-state index contributed by atoms with van der Waals surface area (Å²) in [6.45, 7) is 10.0. The molecular formula is C44H46O7S. The van der Waals surface area contributed by atoms with E-state index in [0.717, 1.165) is 33.0 Å². The van der Waals surface area contributed by atoms with Crippen molar-refractivity contribution in [2.75, 3.05) is 6.61 Å². The van der Waals surface area contributed by atoms with E-state index in [9.17, 15) is 9.59 Å². The quantitative estimate of drug-likeness (QED) is 0.108. The maximum absolute atomic E-state index is 14.0. The van der Waals surface area contributed by atoms with Crippen molar-refractivity contribution in [3.63, 3.8) is 0 Å². The highest BCUT2D eigenvalue weighted by Crippen LogP contribution is 2.42. The lowest BCUT2D eigenvalue weighted by atomic mass is 9.91. The summed E-state index contributed by atoms with van der Waals surface area (Å²) in [6, 6.07) is 38.5. The van der Waals surface area contributed by atoms with Crippen LogP contribution in [0.25, 0.3) is 21.9 Å². The van der Waals surface area contributed by atoms with E-state index in [4.69, 9.17) is 36.3 Å². The maximum atomic E-state index is 14.0. The van der Waals surface area contributed by atoms with Crippen molar-refractivity contribution >= 4 is 35.3 Å². The number of hydrogen-bond acceptors (Lipinski definition) is 8. The predicted octanol–water partition coefficient (Wildman–Crippen LogP) is 9.40. The average Bonchev–Trinajstić information content (AvgIpc) is 3.14. The summed E-state index contributed by atoms with van der Waals surface area (Å²) in [6.07, 6.45) is -3.49. The minimum Gasteiger partial charge on any atom is -0.453 e. The fourth-order valence-corrected chi connectivity index (χ4v) is 6.88. The van der Waals surface area contributed by atoms with E-state index in [2.05, 4.69) is 37.3 Å². The molecule has 0 spiro atoms. The van der Waals surface area contributed by atoms with Gasteiger partial charge in [-0.2, -0.15) is 0 Å². The molecule has 1 aliphatic rings. The summed E-state index contributed by atoms with van der Waals surface area (Å²) >= 11 is 5.01. The third-order valence-electron chi connectivity index (χ3n) is 9.21. The minimum atomic E-state index is -1.30. The maximum Gasteiger partial charge on any atom is 0.338 e. The number of carbonyl (C=O) groups excluding carboxylic acids is 2. The second-order valence-corrected chi connectivity index (χ2v) is 15.0. The lowest BCUT2D eigenvalue weighted by molar-refractivity contribution is -0.271. The molecule has 0 amide bonds. The number of esters is 2. The average molecular weight is 719 g/mol. The van der Waals surface area contributed by atoms with Crippen LogP contribution in [0.15, 0.2) is 121 Å². The fraction of sp³-hybridized carbons (Fsp3) is 0.318. The van der Waals surface area contributed by atoms with Gasteiger partial charge in [0.25, 0.3) is 0 Å². The summed E-state index contributed by atoms with van der Waals surface area (Å²) in [4.78, 5) is 26.2. The summed E-state index contributed by atoms with van der Waals surface area (Å²) in [7, 11) is 0. The number of hydrogen-bond donors (Lipinski definition) is 1. The molecule has 0 aliphatic carbocycles. The van der Waals surface area contributed by atoms with Crippen molar-refractivity contribution in [1.29, 1.82) is 0 Å². The molecule has 6 rings (SSSR count). The van der Waals surface area contributed by atoms with Crippen molar-refractivity contribution < 1.29 is 33.3 Å². The number of benzene rings is 5. The molecule has 0 aromatic heterocycles. The van der Waals surface area contributed by atoms with Crippen LogP contribution >= 0.6 is 12.6 Å². The summed E-state index contributed by atoms with van der Waals surface area (Å²) in [5.41, 5.74) is 4.19. The van der Waals surface area contributed by atoms with Crippen molar-refractivity contribution in [3.8, 4) is 11.1 Å². The summed E-state index contributed by atoms with van der Waals surface area (Å²) < 4.78 is 32.2. The van der Waals surface area contributed by atoms with E-state index in [0.29, 0.717) is 24.2 Å². The molecule has 5 aromatic rings. The largest absolute Gasteiger partial charge is 0.453 e. The molecule has 0 N–H and O–H groups in total. The van der Waals surface area contributed by atoms with Gasteiger partial charge in [0.05, 0.1) is 29.9 Å². The molecule has 52 heavy (non-hydrogen) atoms. The topological polar surface area (TPSA) is 80.3 Å². The molecule has 1 aliphatic heterocycles. The highest BCUT2D eigenvalue weighted by molar-refractivity contribution is 7.81. The van der Waals surface area contributed by atoms with Crippen LogP contribution in [0.5, 0.6) is 0 Å². The molecule has 1 saturated heterocycles. The monoisotopic (exact) mass is 718 g/mol. The van der Waals surface area contributed by atoms with E-state index in [-0.39, 0.29) is 6.61 Å². The van der Waals surface area contributed by atoms with E-state index in [1.54, 1.807) is 36.4 Å². The van der Waals surface area contributed by atoms with Crippen LogP contribution in [0.4, 0.5) is 0 Å². The van der Waals surface area contributed by atoms with Gasteiger partial charge in [-0.1, -0.05) is 97.9 Å². The molecule has 5 atom stereocenters. The summed E-state index contributed by atoms with van der Waals surface area (Å²) in [5, 5.41) is 2.25. The Bertz CT molecular complexity index is 1990. The molecule has 7 nitrogen and oxygen atoms in total. The molecule has 0 radical (unpaired) electrons. The van der Waals surface area contributed by atoms with Crippen LogP contribution in [0, 0.1) is 6.92 Å². The first-order valence-electron chi connectivity index (χ1n) is 17.7. The van der Waals surface area contributed by atoms with Crippen LogP contribution in [0.3, 0.4) is 0 Å². The number of fused-ring (bicyclic) bond motifs is 1. The molecule has 0 unspecified atom stereocenters. The van der Waals surface area contributed by atoms with Crippen molar-refractivity contribution in [2.45, 2.75) is 82.6 Å². The first kappa shape index (κ1) is 37.3. The van der Waals surface area contributed by atoms with Crippen LogP contribution < -0.4 is 0 Å². The van der Waals surface area contributed by atoms with E-state index in [1.807, 2.05) is 82.3 Å². The number of carbonyl (C=O) groups is 2. The van der Waals surface area contributed by atoms with Gasteiger partial charge >= 0.3 is 11.9 Å².